The van der Waals surface area contributed by atoms with Crippen LogP contribution in [-0.2, 0) is 31.8 Å². The van der Waals surface area contributed by atoms with Gasteiger partial charge in [0.15, 0.2) is 5.11 Å². The van der Waals surface area contributed by atoms with E-state index >= 15 is 0 Å². The molecular weight excluding hydrogens is 786 g/mol. The van der Waals surface area contributed by atoms with Gasteiger partial charge in [-0.1, -0.05) is 19.9 Å². The minimum Gasteiger partial charge on any atom is -0.477 e. The highest BCUT2D eigenvalue weighted by Gasteiger charge is 2.51. The maximum atomic E-state index is 13.8. The Hall–Kier alpha value is -5.60. The molecule has 6 rings (SSSR count). The van der Waals surface area contributed by atoms with E-state index in [2.05, 4.69) is 39.7 Å². The van der Waals surface area contributed by atoms with Gasteiger partial charge in [-0.05, 0) is 120 Å². The number of benzene rings is 2. The molecule has 4 amide bonds. The monoisotopic (exact) mass is 832 g/mol. The lowest BCUT2D eigenvalue weighted by Gasteiger charge is -2.43. The van der Waals surface area contributed by atoms with Gasteiger partial charge in [0.25, 0.3) is 5.91 Å². The summed E-state index contributed by atoms with van der Waals surface area (Å²) in [7, 11) is 0. The highest BCUT2D eigenvalue weighted by atomic mass is 32.1. The maximum absolute atomic E-state index is 13.8. The van der Waals surface area contributed by atoms with Crippen LogP contribution in [0, 0.1) is 16.7 Å². The SMILES string of the molecule is CCc1cc(N2C(=S)N(c3ccc(C#N)c(C(F)(F)F)c3)C(=O)C2(C)C)cnc1OCCC1(C)CCN(CC(=O)Nc2cccc(NC3CCC(=O)NC3=O)c2)[C@@H](C)C1. The molecule has 2 aromatic carbocycles. The fourth-order valence-corrected chi connectivity index (χ4v) is 8.51. The zero-order valence-corrected chi connectivity index (χ0v) is 34.4. The van der Waals surface area contributed by atoms with Gasteiger partial charge >= 0.3 is 6.18 Å². The number of halogens is 3. The third kappa shape index (κ3) is 9.34. The first-order chi connectivity index (χ1) is 27.8. The van der Waals surface area contributed by atoms with Crippen molar-refractivity contribution in [2.24, 2.45) is 5.41 Å². The predicted octanol–water partition coefficient (Wildman–Crippen LogP) is 6.57. The van der Waals surface area contributed by atoms with Crippen molar-refractivity contribution in [3.8, 4) is 11.9 Å². The predicted molar refractivity (Wildman–Crippen MR) is 220 cm³/mol. The van der Waals surface area contributed by atoms with Crippen LogP contribution in [0.2, 0.25) is 0 Å². The van der Waals surface area contributed by atoms with Crippen LogP contribution in [0.25, 0.3) is 0 Å². The van der Waals surface area contributed by atoms with E-state index in [1.54, 1.807) is 49.1 Å². The van der Waals surface area contributed by atoms with Crippen molar-refractivity contribution in [1.82, 2.24) is 15.2 Å². The van der Waals surface area contributed by atoms with Crippen LogP contribution in [0.5, 0.6) is 5.88 Å². The molecule has 1 aromatic heterocycles. The summed E-state index contributed by atoms with van der Waals surface area (Å²) >= 11 is 5.70. The van der Waals surface area contributed by atoms with Gasteiger partial charge < -0.3 is 20.3 Å². The second kappa shape index (κ2) is 16.9. The second-order valence-corrected chi connectivity index (χ2v) is 16.5. The number of nitrogens with zero attached hydrogens (tertiary/aromatic N) is 5. The summed E-state index contributed by atoms with van der Waals surface area (Å²) < 4.78 is 47.6. The average molecular weight is 833 g/mol. The number of nitriles is 1. The lowest BCUT2D eigenvalue weighted by atomic mass is 9.75. The van der Waals surface area contributed by atoms with Gasteiger partial charge in [0.1, 0.15) is 11.6 Å². The lowest BCUT2D eigenvalue weighted by molar-refractivity contribution is -0.138. The molecule has 3 aliphatic heterocycles. The van der Waals surface area contributed by atoms with E-state index in [9.17, 15) is 37.6 Å². The molecule has 0 saturated carbocycles. The minimum atomic E-state index is -4.81. The molecule has 3 N–H and O–H groups in total. The van der Waals surface area contributed by atoms with E-state index in [0.717, 1.165) is 48.4 Å². The van der Waals surface area contributed by atoms with Gasteiger partial charge in [0, 0.05) is 29.4 Å². The molecule has 0 spiro atoms. The maximum Gasteiger partial charge on any atom is 0.417 e. The van der Waals surface area contributed by atoms with Gasteiger partial charge in [-0.3, -0.25) is 34.3 Å². The van der Waals surface area contributed by atoms with E-state index in [4.69, 9.17) is 17.0 Å². The van der Waals surface area contributed by atoms with Crippen molar-refractivity contribution < 1.29 is 37.1 Å². The molecule has 0 aliphatic carbocycles. The molecule has 3 aliphatic rings. The number of amides is 4. The summed E-state index contributed by atoms with van der Waals surface area (Å²) in [4.78, 5) is 59.8. The topological polar surface area (TPSA) is 160 Å². The molecule has 13 nitrogen and oxygen atoms in total. The van der Waals surface area contributed by atoms with Gasteiger partial charge in [-0.15, -0.1) is 0 Å². The van der Waals surface area contributed by atoms with Crippen LogP contribution >= 0.6 is 12.2 Å². The van der Waals surface area contributed by atoms with Crippen molar-refractivity contribution in [1.29, 1.82) is 5.26 Å². The molecule has 2 unspecified atom stereocenters. The van der Waals surface area contributed by atoms with Crippen LogP contribution in [0.3, 0.4) is 0 Å². The lowest BCUT2D eigenvalue weighted by Crippen LogP contribution is -2.48. The number of likely N-dealkylation sites (tertiary alicyclic amines) is 1. The van der Waals surface area contributed by atoms with Crippen molar-refractivity contribution in [2.45, 2.75) is 96.9 Å². The molecule has 3 atom stereocenters. The summed E-state index contributed by atoms with van der Waals surface area (Å²) in [6.45, 7) is 10.9. The number of anilines is 4. The number of thiocarbonyl (C=S) groups is 1. The fourth-order valence-electron chi connectivity index (χ4n) is 7.99. The zero-order chi connectivity index (χ0) is 42.9. The zero-order valence-electron chi connectivity index (χ0n) is 33.5. The van der Waals surface area contributed by atoms with Crippen LogP contribution in [0.4, 0.5) is 35.9 Å². The number of carbonyl (C=O) groups excluding carboxylic acids is 4. The Morgan fingerprint density at radius 3 is 2.53 bits per heavy atom. The van der Waals surface area contributed by atoms with Crippen LogP contribution in [0.15, 0.2) is 54.7 Å². The third-order valence-corrected chi connectivity index (χ3v) is 11.7. The van der Waals surface area contributed by atoms with Crippen LogP contribution < -0.4 is 30.5 Å². The Bertz CT molecular complexity index is 2210. The Morgan fingerprint density at radius 1 is 1.10 bits per heavy atom. The number of rotatable bonds is 12. The smallest absolute Gasteiger partial charge is 0.417 e. The number of imide groups is 1. The molecule has 0 bridgehead atoms. The first kappa shape index (κ1) is 43.0. The third-order valence-electron chi connectivity index (χ3n) is 11.3. The van der Waals surface area contributed by atoms with Gasteiger partial charge in [-0.2, -0.15) is 18.4 Å². The summed E-state index contributed by atoms with van der Waals surface area (Å²) in [6, 6.07) is 13.2. The van der Waals surface area contributed by atoms with Gasteiger partial charge in [0.05, 0.1) is 47.9 Å². The second-order valence-electron chi connectivity index (χ2n) is 16.1. The fraction of sp³-hybridized carbons (Fsp3) is 0.452. The molecular formula is C42H47F3N8O5S. The Balaban J connectivity index is 1.03. The number of ether oxygens (including phenoxy) is 1. The number of pyridine rings is 1. The van der Waals surface area contributed by atoms with E-state index < -0.39 is 34.8 Å². The quantitative estimate of drug-likeness (QED) is 0.134. The number of nitrogens with one attached hydrogen (secondary N) is 3. The normalized spacial score (nSPS) is 22.2. The molecule has 3 fully saturated rings. The van der Waals surface area contributed by atoms with Crippen molar-refractivity contribution in [3.63, 3.8) is 0 Å². The van der Waals surface area contributed by atoms with Gasteiger partial charge in [-0.25, -0.2) is 4.98 Å². The van der Waals surface area contributed by atoms with Crippen LogP contribution in [-0.4, -0.2) is 75.9 Å². The minimum absolute atomic E-state index is 0.0187. The molecule has 312 valence electrons. The summed E-state index contributed by atoms with van der Waals surface area (Å²) in [5, 5.41) is 17.7. The molecule has 0 radical (unpaired) electrons. The largest absolute Gasteiger partial charge is 0.477 e. The van der Waals surface area contributed by atoms with E-state index in [1.165, 1.54) is 12.3 Å². The van der Waals surface area contributed by atoms with E-state index in [1.807, 2.05) is 13.0 Å². The van der Waals surface area contributed by atoms with Crippen molar-refractivity contribution >= 4 is 63.7 Å². The Morgan fingerprint density at radius 2 is 1.85 bits per heavy atom. The molecule has 4 heterocycles. The summed E-state index contributed by atoms with van der Waals surface area (Å²) in [5.41, 5.74) is -0.606. The van der Waals surface area contributed by atoms with E-state index in [0.29, 0.717) is 42.4 Å². The Labute approximate surface area is 346 Å². The number of aromatic nitrogens is 1. The first-order valence-electron chi connectivity index (χ1n) is 19.5. The van der Waals surface area contributed by atoms with E-state index in [-0.39, 0.29) is 52.9 Å². The van der Waals surface area contributed by atoms with Gasteiger partial charge in [0.2, 0.25) is 23.6 Å². The summed E-state index contributed by atoms with van der Waals surface area (Å²) in [5.74, 6) is -0.895. The standard InChI is InChI=1S/C42H47F3N8O5S/c1-6-26-18-31(53-39(59)52(38(57)40(53,3)4)30-11-10-27(22-46)32(20-30)42(43,44)45)23-47-37(26)58-17-15-41(5)14-16-51(25(2)21-41)24-35(55)49-29-9-7-8-28(19-29)48-33-12-13-34(54)50-36(33)56/h7-11,18-20,23,25,33,48H,6,12-17,21,24H2,1-5H3,(H,49,55)(H,50,54,56)/t25-,33?,41?/m0/s1. The molecule has 3 saturated heterocycles. The molecule has 59 heavy (non-hydrogen) atoms. The highest BCUT2D eigenvalue weighted by molar-refractivity contribution is 7.81. The molecule has 3 aromatic rings. The Kier molecular flexibility index (Phi) is 12.3. The number of hydrogen-bond donors (Lipinski definition) is 3. The van der Waals surface area contributed by atoms with Crippen molar-refractivity contribution in [3.05, 3.63) is 71.4 Å². The number of alkyl halides is 3. The average Bonchev–Trinajstić information content (AvgIpc) is 3.35. The summed E-state index contributed by atoms with van der Waals surface area (Å²) in [6.07, 6.45) is 0.376. The first-order valence-corrected chi connectivity index (χ1v) is 19.9. The number of carbonyl (C=O) groups is 4. The van der Waals surface area contributed by atoms with Crippen molar-refractivity contribution in [2.75, 3.05) is 40.1 Å². The molecule has 17 heteroatoms. The number of aryl methyl sites for hydroxylation is 1. The van der Waals surface area contributed by atoms with Crippen LogP contribution in [0.1, 0.15) is 83.4 Å². The highest BCUT2D eigenvalue weighted by Crippen LogP contribution is 2.41. The number of piperidine rings is 2. The number of hydrogen-bond acceptors (Lipinski definition) is 10.